The van der Waals surface area contributed by atoms with Crippen LogP contribution in [0.2, 0.25) is 0 Å². The van der Waals surface area contributed by atoms with Crippen molar-refractivity contribution in [2.45, 2.75) is 13.2 Å². The Balaban J connectivity index is 1.49. The lowest BCUT2D eigenvalue weighted by molar-refractivity contribution is 0.251. The van der Waals surface area contributed by atoms with Crippen molar-refractivity contribution in [3.05, 3.63) is 89.5 Å². The summed E-state index contributed by atoms with van der Waals surface area (Å²) in [5.74, 6) is 0.176. The number of nitrogens with zero attached hydrogens (tertiary/aromatic N) is 2. The van der Waals surface area contributed by atoms with Gasteiger partial charge in [-0.1, -0.05) is 18.2 Å². The average molecular weight is 376 g/mol. The summed E-state index contributed by atoms with van der Waals surface area (Å²) in [7, 11) is 0. The first-order valence-electron chi connectivity index (χ1n) is 8.49. The molecule has 0 atom stereocenters. The number of anilines is 1. The first-order chi connectivity index (χ1) is 13.6. The number of carbonyl (C=O) groups excluding carboxylic acids is 1. The number of urea groups is 1. The number of amides is 2. The molecule has 0 spiro atoms. The van der Waals surface area contributed by atoms with Gasteiger partial charge in [-0.2, -0.15) is 5.26 Å². The van der Waals surface area contributed by atoms with Crippen LogP contribution in [0.15, 0.2) is 67.0 Å². The highest BCUT2D eigenvalue weighted by atomic mass is 19.1. The number of rotatable bonds is 6. The van der Waals surface area contributed by atoms with Crippen molar-refractivity contribution in [1.82, 2.24) is 10.3 Å². The monoisotopic (exact) mass is 376 g/mol. The van der Waals surface area contributed by atoms with E-state index in [-0.39, 0.29) is 17.8 Å². The Labute approximate surface area is 161 Å². The molecule has 0 aliphatic rings. The van der Waals surface area contributed by atoms with Crippen molar-refractivity contribution >= 4 is 11.7 Å². The number of nitrogens with one attached hydrogen (secondary N) is 2. The van der Waals surface area contributed by atoms with Crippen LogP contribution in [0.1, 0.15) is 16.7 Å². The number of ether oxygens (including phenoxy) is 1. The fourth-order valence-electron chi connectivity index (χ4n) is 2.42. The SMILES string of the molecule is N#Cc1cc(F)ccc1NC(=O)NCc1ccc(OCc2cccnc2)cc1. The van der Waals surface area contributed by atoms with Crippen molar-refractivity contribution in [2.75, 3.05) is 5.32 Å². The van der Waals surface area contributed by atoms with Gasteiger partial charge in [0.15, 0.2) is 0 Å². The second-order valence-electron chi connectivity index (χ2n) is 5.90. The van der Waals surface area contributed by atoms with Crippen molar-refractivity contribution < 1.29 is 13.9 Å². The molecule has 28 heavy (non-hydrogen) atoms. The largest absolute Gasteiger partial charge is 0.489 e. The zero-order chi connectivity index (χ0) is 19.8. The van der Waals surface area contributed by atoms with Gasteiger partial charge in [0.25, 0.3) is 0 Å². The summed E-state index contributed by atoms with van der Waals surface area (Å²) in [6.45, 7) is 0.713. The molecule has 0 saturated heterocycles. The van der Waals surface area contributed by atoms with Crippen molar-refractivity contribution in [2.24, 2.45) is 0 Å². The van der Waals surface area contributed by atoms with E-state index >= 15 is 0 Å². The van der Waals surface area contributed by atoms with E-state index in [1.165, 1.54) is 12.1 Å². The molecule has 140 valence electrons. The molecule has 0 fully saturated rings. The highest BCUT2D eigenvalue weighted by Gasteiger charge is 2.08. The van der Waals surface area contributed by atoms with Gasteiger partial charge in [0.2, 0.25) is 0 Å². The van der Waals surface area contributed by atoms with Crippen LogP contribution in [0.4, 0.5) is 14.9 Å². The summed E-state index contributed by atoms with van der Waals surface area (Å²) in [5.41, 5.74) is 2.16. The molecule has 2 amide bonds. The maximum Gasteiger partial charge on any atom is 0.319 e. The standard InChI is InChI=1S/C21H17FN4O2/c22-18-5-8-20(17(10-18)11-23)26-21(27)25-13-15-3-6-19(7-4-15)28-14-16-2-1-9-24-12-16/h1-10,12H,13-14H2,(H2,25,26,27). The van der Waals surface area contributed by atoms with Gasteiger partial charge in [0.1, 0.15) is 24.2 Å². The van der Waals surface area contributed by atoms with Crippen LogP contribution in [-0.2, 0) is 13.2 Å². The van der Waals surface area contributed by atoms with E-state index in [0.29, 0.717) is 12.4 Å². The summed E-state index contributed by atoms with van der Waals surface area (Å²) < 4.78 is 18.8. The smallest absolute Gasteiger partial charge is 0.319 e. The van der Waals surface area contributed by atoms with Gasteiger partial charge in [0, 0.05) is 24.5 Å². The normalized spacial score (nSPS) is 10.0. The highest BCUT2D eigenvalue weighted by Crippen LogP contribution is 2.16. The molecule has 1 aromatic heterocycles. The van der Waals surface area contributed by atoms with Crippen molar-refractivity contribution in [3.8, 4) is 11.8 Å². The summed E-state index contributed by atoms with van der Waals surface area (Å²) in [4.78, 5) is 16.0. The Hall–Kier alpha value is -3.92. The Kier molecular flexibility index (Phi) is 6.16. The van der Waals surface area contributed by atoms with Crippen LogP contribution >= 0.6 is 0 Å². The third-order valence-electron chi connectivity index (χ3n) is 3.85. The number of hydrogen-bond donors (Lipinski definition) is 2. The molecule has 2 aromatic carbocycles. The molecule has 3 rings (SSSR count). The predicted octanol–water partition coefficient (Wildman–Crippen LogP) is 3.99. The van der Waals surface area contributed by atoms with Crippen LogP contribution in [0.5, 0.6) is 5.75 Å². The number of benzene rings is 2. The molecular formula is C21H17FN4O2. The zero-order valence-corrected chi connectivity index (χ0v) is 14.9. The van der Waals surface area contributed by atoms with Gasteiger partial charge >= 0.3 is 6.03 Å². The average Bonchev–Trinajstić information content (AvgIpc) is 2.73. The maximum atomic E-state index is 13.1. The first-order valence-corrected chi connectivity index (χ1v) is 8.49. The Morgan fingerprint density at radius 2 is 1.96 bits per heavy atom. The van der Waals surface area contributed by atoms with Gasteiger partial charge in [-0.15, -0.1) is 0 Å². The lowest BCUT2D eigenvalue weighted by Gasteiger charge is -2.10. The van der Waals surface area contributed by atoms with Gasteiger partial charge in [0.05, 0.1) is 11.3 Å². The second-order valence-corrected chi connectivity index (χ2v) is 5.90. The topological polar surface area (TPSA) is 87.0 Å². The molecule has 6 nitrogen and oxygen atoms in total. The number of nitriles is 1. The minimum atomic E-state index is -0.534. The third kappa shape index (κ3) is 5.29. The molecular weight excluding hydrogens is 359 g/mol. The number of hydrogen-bond acceptors (Lipinski definition) is 4. The lowest BCUT2D eigenvalue weighted by Crippen LogP contribution is -2.28. The zero-order valence-electron chi connectivity index (χ0n) is 14.9. The maximum absolute atomic E-state index is 13.1. The van der Waals surface area contributed by atoms with E-state index in [1.807, 2.05) is 42.5 Å². The lowest BCUT2D eigenvalue weighted by atomic mass is 10.2. The van der Waals surface area contributed by atoms with Gasteiger partial charge in [-0.3, -0.25) is 4.98 Å². The minimum absolute atomic E-state index is 0.0604. The number of halogens is 1. The molecule has 7 heteroatoms. The van der Waals surface area contributed by atoms with E-state index in [0.717, 1.165) is 17.2 Å². The summed E-state index contributed by atoms with van der Waals surface area (Å²) >= 11 is 0. The molecule has 0 unspecified atom stereocenters. The van der Waals surface area contributed by atoms with E-state index in [2.05, 4.69) is 15.6 Å². The van der Waals surface area contributed by atoms with Crippen LogP contribution in [0, 0.1) is 17.1 Å². The van der Waals surface area contributed by atoms with E-state index in [9.17, 15) is 9.18 Å². The molecule has 1 heterocycles. The first kappa shape index (κ1) is 18.9. The Morgan fingerprint density at radius 1 is 1.14 bits per heavy atom. The van der Waals surface area contributed by atoms with E-state index in [1.54, 1.807) is 12.4 Å². The second kappa shape index (κ2) is 9.14. The van der Waals surface area contributed by atoms with Crippen LogP contribution in [0.25, 0.3) is 0 Å². The van der Waals surface area contributed by atoms with Crippen LogP contribution in [0.3, 0.4) is 0 Å². The predicted molar refractivity (Wildman–Crippen MR) is 102 cm³/mol. The summed E-state index contributed by atoms with van der Waals surface area (Å²) in [5, 5.41) is 14.2. The molecule has 0 bridgehead atoms. The van der Waals surface area contributed by atoms with Crippen molar-refractivity contribution in [1.29, 1.82) is 5.26 Å². The highest BCUT2D eigenvalue weighted by molar-refractivity contribution is 5.90. The van der Waals surface area contributed by atoms with Crippen LogP contribution in [-0.4, -0.2) is 11.0 Å². The van der Waals surface area contributed by atoms with Gasteiger partial charge in [-0.25, -0.2) is 9.18 Å². The van der Waals surface area contributed by atoms with Gasteiger partial charge < -0.3 is 15.4 Å². The fraction of sp³-hybridized carbons (Fsp3) is 0.0952. The van der Waals surface area contributed by atoms with Crippen molar-refractivity contribution in [3.63, 3.8) is 0 Å². The number of aromatic nitrogens is 1. The fourth-order valence-corrected chi connectivity index (χ4v) is 2.42. The summed E-state index contributed by atoms with van der Waals surface area (Å²) in [6, 6.07) is 16.1. The van der Waals surface area contributed by atoms with E-state index < -0.39 is 11.8 Å². The molecule has 0 saturated carbocycles. The van der Waals surface area contributed by atoms with E-state index in [4.69, 9.17) is 10.00 Å². The molecule has 0 radical (unpaired) electrons. The molecule has 2 N–H and O–H groups in total. The number of carbonyl (C=O) groups is 1. The summed E-state index contributed by atoms with van der Waals surface area (Å²) in [6.07, 6.45) is 3.45. The molecule has 0 aliphatic heterocycles. The Bertz CT molecular complexity index is 986. The minimum Gasteiger partial charge on any atom is -0.489 e. The number of pyridine rings is 1. The molecule has 3 aromatic rings. The van der Waals surface area contributed by atoms with Crippen LogP contribution < -0.4 is 15.4 Å². The third-order valence-corrected chi connectivity index (χ3v) is 3.85. The quantitative estimate of drug-likeness (QED) is 0.681. The van der Waals surface area contributed by atoms with Gasteiger partial charge in [-0.05, 0) is 42.0 Å². The molecule has 0 aliphatic carbocycles. The Morgan fingerprint density at radius 3 is 2.68 bits per heavy atom.